The van der Waals surface area contributed by atoms with Crippen molar-refractivity contribution in [2.24, 2.45) is 5.73 Å². The third kappa shape index (κ3) is 3.60. The van der Waals surface area contributed by atoms with E-state index in [1.54, 1.807) is 25.3 Å². The summed E-state index contributed by atoms with van der Waals surface area (Å²) in [7, 11) is 1.56. The lowest BCUT2D eigenvalue weighted by atomic mass is 10.1. The van der Waals surface area contributed by atoms with Crippen molar-refractivity contribution in [1.82, 2.24) is 5.32 Å². The Kier molecular flexibility index (Phi) is 4.79. The maximum atomic E-state index is 11.9. The highest BCUT2D eigenvalue weighted by Crippen LogP contribution is 2.25. The predicted octanol–water partition coefficient (Wildman–Crippen LogP) is 1.38. The number of methoxy groups -OCH3 is 1. The Balaban J connectivity index is 2.20. The highest BCUT2D eigenvalue weighted by atomic mass is 32.1. The Morgan fingerprint density at radius 3 is 2.80 bits per heavy atom. The Bertz CT molecular complexity index is 519. The van der Waals surface area contributed by atoms with Crippen LogP contribution in [0.1, 0.15) is 24.8 Å². The van der Waals surface area contributed by atoms with Crippen LogP contribution in [0.25, 0.3) is 0 Å². The number of hydrogen-bond donors (Lipinski definition) is 2. The zero-order chi connectivity index (χ0) is 14.5. The molecule has 1 aliphatic rings. The zero-order valence-corrected chi connectivity index (χ0v) is 12.2. The van der Waals surface area contributed by atoms with Gasteiger partial charge in [-0.05, 0) is 31.4 Å². The first-order chi connectivity index (χ1) is 9.60. The summed E-state index contributed by atoms with van der Waals surface area (Å²) in [5.74, 6) is 1.05. The topological polar surface area (TPSA) is 73.6 Å². The van der Waals surface area contributed by atoms with E-state index in [2.05, 4.69) is 5.32 Å². The summed E-state index contributed by atoms with van der Waals surface area (Å²) in [6.45, 7) is 0.703. The molecule has 0 saturated carbocycles. The minimum Gasteiger partial charge on any atom is -0.497 e. The van der Waals surface area contributed by atoms with Crippen LogP contribution < -0.4 is 20.5 Å². The standard InChI is InChI=1S/C14H18N2O3S/c1-18-10-6-9(13(15)20)7-11(8-10)19-12-4-2-3-5-16-14(12)17/h6-8,12H,2-5H2,1H3,(H2,15,20)(H,16,17). The van der Waals surface area contributed by atoms with E-state index in [1.165, 1.54) is 0 Å². The number of amides is 1. The highest BCUT2D eigenvalue weighted by molar-refractivity contribution is 7.80. The molecule has 0 spiro atoms. The Hall–Kier alpha value is -1.82. The van der Waals surface area contributed by atoms with Gasteiger partial charge in [0.2, 0.25) is 0 Å². The molecular formula is C14H18N2O3S. The molecule has 1 atom stereocenters. The van der Waals surface area contributed by atoms with Gasteiger partial charge in [-0.2, -0.15) is 0 Å². The van der Waals surface area contributed by atoms with Crippen LogP contribution in [0.3, 0.4) is 0 Å². The van der Waals surface area contributed by atoms with Crippen LogP contribution in [0.4, 0.5) is 0 Å². The monoisotopic (exact) mass is 294 g/mol. The van der Waals surface area contributed by atoms with E-state index in [-0.39, 0.29) is 10.9 Å². The highest BCUT2D eigenvalue weighted by Gasteiger charge is 2.22. The second-order valence-corrected chi connectivity index (χ2v) is 5.09. The van der Waals surface area contributed by atoms with Crippen LogP contribution in [0.5, 0.6) is 11.5 Å². The fourth-order valence-electron chi connectivity index (χ4n) is 2.09. The summed E-state index contributed by atoms with van der Waals surface area (Å²) >= 11 is 4.97. The van der Waals surface area contributed by atoms with Gasteiger partial charge in [-0.15, -0.1) is 0 Å². The molecule has 0 aromatic heterocycles. The minimum absolute atomic E-state index is 0.0813. The lowest BCUT2D eigenvalue weighted by molar-refractivity contribution is -0.127. The molecule has 0 aliphatic carbocycles. The number of nitrogens with one attached hydrogen (secondary N) is 1. The molecule has 5 nitrogen and oxygen atoms in total. The van der Waals surface area contributed by atoms with E-state index in [0.717, 1.165) is 12.8 Å². The largest absolute Gasteiger partial charge is 0.497 e. The number of carbonyl (C=O) groups excluding carboxylic acids is 1. The summed E-state index contributed by atoms with van der Waals surface area (Å²) in [6.07, 6.45) is 2.15. The molecule has 2 rings (SSSR count). The second-order valence-electron chi connectivity index (χ2n) is 4.65. The first-order valence-electron chi connectivity index (χ1n) is 6.53. The number of thiocarbonyl (C=S) groups is 1. The molecule has 1 aromatic carbocycles. The van der Waals surface area contributed by atoms with Crippen molar-refractivity contribution in [2.45, 2.75) is 25.4 Å². The van der Waals surface area contributed by atoms with Crippen LogP contribution in [0.15, 0.2) is 18.2 Å². The average molecular weight is 294 g/mol. The van der Waals surface area contributed by atoms with Crippen molar-refractivity contribution in [3.63, 3.8) is 0 Å². The van der Waals surface area contributed by atoms with Gasteiger partial charge < -0.3 is 20.5 Å². The number of carbonyl (C=O) groups is 1. The quantitative estimate of drug-likeness (QED) is 0.821. The fraction of sp³-hybridized carbons (Fsp3) is 0.429. The number of ether oxygens (including phenoxy) is 2. The molecule has 108 valence electrons. The number of benzene rings is 1. The summed E-state index contributed by atoms with van der Waals surface area (Å²) in [5, 5.41) is 2.84. The van der Waals surface area contributed by atoms with Crippen molar-refractivity contribution < 1.29 is 14.3 Å². The van der Waals surface area contributed by atoms with Gasteiger partial charge in [0.05, 0.1) is 7.11 Å². The summed E-state index contributed by atoms with van der Waals surface area (Å²) < 4.78 is 11.0. The average Bonchev–Trinajstić information content (AvgIpc) is 2.64. The smallest absolute Gasteiger partial charge is 0.261 e. The van der Waals surface area contributed by atoms with E-state index < -0.39 is 6.10 Å². The third-order valence-electron chi connectivity index (χ3n) is 3.16. The normalized spacial score (nSPS) is 18.9. The molecule has 1 saturated heterocycles. The van der Waals surface area contributed by atoms with E-state index in [1.807, 2.05) is 0 Å². The maximum Gasteiger partial charge on any atom is 0.261 e. The SMILES string of the molecule is COc1cc(OC2CCCCNC2=O)cc(C(N)=S)c1. The lowest BCUT2D eigenvalue weighted by Gasteiger charge is -2.17. The zero-order valence-electron chi connectivity index (χ0n) is 11.3. The number of nitrogens with two attached hydrogens (primary N) is 1. The van der Waals surface area contributed by atoms with Crippen molar-refractivity contribution in [3.8, 4) is 11.5 Å². The van der Waals surface area contributed by atoms with Gasteiger partial charge in [-0.1, -0.05) is 12.2 Å². The fourth-order valence-corrected chi connectivity index (χ4v) is 2.21. The molecule has 6 heteroatoms. The molecule has 1 aliphatic heterocycles. The molecule has 1 heterocycles. The van der Waals surface area contributed by atoms with Crippen LogP contribution in [0, 0.1) is 0 Å². The van der Waals surface area contributed by atoms with Crippen molar-refractivity contribution in [2.75, 3.05) is 13.7 Å². The van der Waals surface area contributed by atoms with Crippen LogP contribution >= 0.6 is 12.2 Å². The molecule has 0 bridgehead atoms. The Labute approximate surface area is 123 Å². The Morgan fingerprint density at radius 2 is 2.10 bits per heavy atom. The molecular weight excluding hydrogens is 276 g/mol. The lowest BCUT2D eigenvalue weighted by Crippen LogP contribution is -2.36. The predicted molar refractivity (Wildman–Crippen MR) is 80.2 cm³/mol. The van der Waals surface area contributed by atoms with Gasteiger partial charge in [0.25, 0.3) is 5.91 Å². The molecule has 3 N–H and O–H groups in total. The molecule has 20 heavy (non-hydrogen) atoms. The Morgan fingerprint density at radius 1 is 1.35 bits per heavy atom. The molecule has 1 fully saturated rings. The van der Waals surface area contributed by atoms with Crippen LogP contribution in [-0.2, 0) is 4.79 Å². The van der Waals surface area contributed by atoms with Gasteiger partial charge in [0.1, 0.15) is 16.5 Å². The van der Waals surface area contributed by atoms with Crippen LogP contribution in [-0.4, -0.2) is 30.7 Å². The third-order valence-corrected chi connectivity index (χ3v) is 3.40. The first-order valence-corrected chi connectivity index (χ1v) is 6.94. The summed E-state index contributed by atoms with van der Waals surface area (Å²) in [4.78, 5) is 12.1. The van der Waals surface area contributed by atoms with Crippen LogP contribution in [0.2, 0.25) is 0 Å². The number of rotatable bonds is 4. The van der Waals surface area contributed by atoms with Gasteiger partial charge in [0.15, 0.2) is 6.10 Å². The second kappa shape index (κ2) is 6.56. The van der Waals surface area contributed by atoms with Crippen molar-refractivity contribution in [1.29, 1.82) is 0 Å². The van der Waals surface area contributed by atoms with Crippen molar-refractivity contribution >= 4 is 23.1 Å². The van der Waals surface area contributed by atoms with E-state index in [9.17, 15) is 4.79 Å². The van der Waals surface area contributed by atoms with Gasteiger partial charge in [-0.25, -0.2) is 0 Å². The van der Waals surface area contributed by atoms with E-state index in [4.69, 9.17) is 27.4 Å². The molecule has 1 unspecified atom stereocenters. The summed E-state index contributed by atoms with van der Waals surface area (Å²) in [6, 6.07) is 5.19. The van der Waals surface area contributed by atoms with Gasteiger partial charge in [0, 0.05) is 18.2 Å². The minimum atomic E-state index is -0.483. The maximum absolute atomic E-state index is 11.9. The van der Waals surface area contributed by atoms with Gasteiger partial charge in [-0.3, -0.25) is 4.79 Å². The molecule has 1 amide bonds. The number of hydrogen-bond acceptors (Lipinski definition) is 4. The summed E-state index contributed by atoms with van der Waals surface area (Å²) in [5.41, 5.74) is 6.29. The first kappa shape index (κ1) is 14.6. The van der Waals surface area contributed by atoms with Gasteiger partial charge >= 0.3 is 0 Å². The van der Waals surface area contributed by atoms with Crippen molar-refractivity contribution in [3.05, 3.63) is 23.8 Å². The van der Waals surface area contributed by atoms with E-state index in [0.29, 0.717) is 30.0 Å². The molecule has 0 radical (unpaired) electrons. The van der Waals surface area contributed by atoms with E-state index >= 15 is 0 Å². The molecule has 1 aromatic rings.